The molecule has 0 saturated carbocycles. The number of rotatable bonds is 7. The van der Waals surface area contributed by atoms with Gasteiger partial charge >= 0.3 is 0 Å². The van der Waals surface area contributed by atoms with Gasteiger partial charge in [-0.25, -0.2) is 0 Å². The Bertz CT molecular complexity index is 2850. The summed E-state index contributed by atoms with van der Waals surface area (Å²) in [4.78, 5) is 2.45. The lowest BCUT2D eigenvalue weighted by Crippen LogP contribution is -2.16. The molecule has 10 rings (SSSR count). The molecule has 0 N–H and O–H groups in total. The van der Waals surface area contributed by atoms with Gasteiger partial charge in [-0.15, -0.1) is 0 Å². The zero-order valence-electron chi connectivity index (χ0n) is 31.7. The topological polar surface area (TPSA) is 3.24 Å². The molecule has 1 heteroatoms. The SMILES string of the molecule is CC1(C)c2ccccc2-c2c(N(c3ccc(-c4ccc(-c5ccc6ccccc6c5)cc4)cc3)c3cccc(-c4ccc(-c5ccccc5)cc4)c3)cccc21. The van der Waals surface area contributed by atoms with E-state index in [4.69, 9.17) is 0 Å². The lowest BCUT2D eigenvalue weighted by molar-refractivity contribution is 0.660. The number of hydrogen-bond acceptors (Lipinski definition) is 1. The van der Waals surface area contributed by atoms with Crippen LogP contribution in [0.15, 0.2) is 212 Å². The summed E-state index contributed by atoms with van der Waals surface area (Å²) in [6, 6.07) is 77.6. The van der Waals surface area contributed by atoms with Crippen molar-refractivity contribution in [3.8, 4) is 55.6 Å². The van der Waals surface area contributed by atoms with Crippen molar-refractivity contribution in [2.45, 2.75) is 19.3 Å². The van der Waals surface area contributed by atoms with Crippen LogP contribution in [0, 0.1) is 0 Å². The number of anilines is 3. The Hall–Kier alpha value is -6.96. The van der Waals surface area contributed by atoms with Gasteiger partial charge < -0.3 is 4.90 Å². The predicted octanol–water partition coefficient (Wildman–Crippen LogP) is 15.3. The van der Waals surface area contributed by atoms with E-state index in [0.717, 1.165) is 11.4 Å². The smallest absolute Gasteiger partial charge is 0.0543 e. The normalized spacial score (nSPS) is 12.6. The molecule has 9 aromatic carbocycles. The molecule has 0 aromatic heterocycles. The Balaban J connectivity index is 1.04. The highest BCUT2D eigenvalue weighted by Gasteiger charge is 2.37. The van der Waals surface area contributed by atoms with Crippen molar-refractivity contribution in [2.24, 2.45) is 0 Å². The fourth-order valence-corrected chi connectivity index (χ4v) is 8.69. The maximum Gasteiger partial charge on any atom is 0.0543 e. The predicted molar refractivity (Wildman–Crippen MR) is 238 cm³/mol. The van der Waals surface area contributed by atoms with Crippen LogP contribution < -0.4 is 4.90 Å². The van der Waals surface area contributed by atoms with Gasteiger partial charge in [-0.3, -0.25) is 0 Å². The van der Waals surface area contributed by atoms with Gasteiger partial charge in [0.2, 0.25) is 0 Å². The van der Waals surface area contributed by atoms with E-state index in [0.29, 0.717) is 0 Å². The highest BCUT2D eigenvalue weighted by atomic mass is 15.1. The maximum atomic E-state index is 2.45. The summed E-state index contributed by atoms with van der Waals surface area (Å²) in [5, 5.41) is 2.52. The van der Waals surface area contributed by atoms with E-state index in [1.54, 1.807) is 0 Å². The van der Waals surface area contributed by atoms with Crippen LogP contribution in [-0.4, -0.2) is 0 Å². The summed E-state index contributed by atoms with van der Waals surface area (Å²) in [7, 11) is 0. The molecule has 1 aliphatic rings. The molecule has 0 atom stereocenters. The quantitative estimate of drug-likeness (QED) is 0.159. The van der Waals surface area contributed by atoms with Gasteiger partial charge in [0.05, 0.1) is 5.69 Å². The molecule has 56 heavy (non-hydrogen) atoms. The van der Waals surface area contributed by atoms with Crippen LogP contribution in [0.4, 0.5) is 17.1 Å². The summed E-state index contributed by atoms with van der Waals surface area (Å²) < 4.78 is 0. The van der Waals surface area contributed by atoms with Crippen LogP contribution in [0.2, 0.25) is 0 Å². The average molecular weight is 716 g/mol. The van der Waals surface area contributed by atoms with Gasteiger partial charge in [0, 0.05) is 22.4 Å². The molecule has 1 aliphatic carbocycles. The molecule has 1 nitrogen and oxygen atoms in total. The van der Waals surface area contributed by atoms with Crippen molar-refractivity contribution >= 4 is 27.8 Å². The first-order valence-electron chi connectivity index (χ1n) is 19.5. The molecule has 0 bridgehead atoms. The molecule has 0 amide bonds. The highest BCUT2D eigenvalue weighted by molar-refractivity contribution is 5.96. The molecule has 9 aromatic rings. The van der Waals surface area contributed by atoms with Crippen LogP contribution in [0.5, 0.6) is 0 Å². The lowest BCUT2D eigenvalue weighted by Gasteiger charge is -2.29. The van der Waals surface area contributed by atoms with E-state index in [9.17, 15) is 0 Å². The van der Waals surface area contributed by atoms with Crippen LogP contribution in [0.3, 0.4) is 0 Å². The third-order valence-electron chi connectivity index (χ3n) is 11.7. The molecule has 0 spiro atoms. The van der Waals surface area contributed by atoms with E-state index in [-0.39, 0.29) is 5.41 Å². The van der Waals surface area contributed by atoms with Crippen LogP contribution >= 0.6 is 0 Å². The van der Waals surface area contributed by atoms with Crippen molar-refractivity contribution in [1.29, 1.82) is 0 Å². The van der Waals surface area contributed by atoms with E-state index in [1.165, 1.54) is 83.2 Å². The minimum absolute atomic E-state index is 0.0984. The first-order valence-corrected chi connectivity index (χ1v) is 19.5. The summed E-state index contributed by atoms with van der Waals surface area (Å²) in [5.41, 5.74) is 18.3. The van der Waals surface area contributed by atoms with Crippen LogP contribution in [0.1, 0.15) is 25.0 Å². The zero-order valence-corrected chi connectivity index (χ0v) is 31.7. The van der Waals surface area contributed by atoms with Crippen molar-refractivity contribution in [3.05, 3.63) is 223 Å². The summed E-state index contributed by atoms with van der Waals surface area (Å²) in [6.07, 6.45) is 0. The number of fused-ring (bicyclic) bond motifs is 4. The Labute approximate surface area is 329 Å². The molecule has 0 fully saturated rings. The Morgan fingerprint density at radius 3 is 1.50 bits per heavy atom. The monoisotopic (exact) mass is 715 g/mol. The fraction of sp³-hybridized carbons (Fsp3) is 0.0545. The first-order chi connectivity index (χ1) is 27.5. The summed E-state index contributed by atoms with van der Waals surface area (Å²) in [5.74, 6) is 0. The second-order valence-corrected chi connectivity index (χ2v) is 15.4. The van der Waals surface area contributed by atoms with Crippen LogP contribution in [-0.2, 0) is 5.41 Å². The Morgan fingerprint density at radius 2 is 0.804 bits per heavy atom. The molecule has 266 valence electrons. The van der Waals surface area contributed by atoms with Gasteiger partial charge in [-0.2, -0.15) is 0 Å². The van der Waals surface area contributed by atoms with Gasteiger partial charge in [0.25, 0.3) is 0 Å². The van der Waals surface area contributed by atoms with Gasteiger partial charge in [0.15, 0.2) is 0 Å². The molecular weight excluding hydrogens is 675 g/mol. The highest BCUT2D eigenvalue weighted by Crippen LogP contribution is 2.54. The largest absolute Gasteiger partial charge is 0.310 e. The number of hydrogen-bond donors (Lipinski definition) is 0. The van der Waals surface area contributed by atoms with Crippen LogP contribution in [0.25, 0.3) is 66.4 Å². The Kier molecular flexibility index (Phi) is 8.23. The van der Waals surface area contributed by atoms with E-state index in [2.05, 4.69) is 231 Å². The molecule has 0 heterocycles. The minimum atomic E-state index is -0.0984. The third-order valence-corrected chi connectivity index (χ3v) is 11.7. The van der Waals surface area contributed by atoms with Gasteiger partial charge in [-0.1, -0.05) is 190 Å². The fourth-order valence-electron chi connectivity index (χ4n) is 8.69. The number of benzene rings is 9. The summed E-state index contributed by atoms with van der Waals surface area (Å²) in [6.45, 7) is 4.71. The minimum Gasteiger partial charge on any atom is -0.310 e. The lowest BCUT2D eigenvalue weighted by atomic mass is 9.82. The Morgan fingerprint density at radius 1 is 0.321 bits per heavy atom. The summed E-state index contributed by atoms with van der Waals surface area (Å²) >= 11 is 0. The average Bonchev–Trinajstić information content (AvgIpc) is 3.50. The van der Waals surface area contributed by atoms with E-state index < -0.39 is 0 Å². The molecular formula is C55H41N. The molecule has 0 aliphatic heterocycles. The standard InChI is InChI=1S/C55H41N/c1-55(2)51-19-9-8-18-50(51)54-52(55)20-11-21-53(54)56(49-17-10-16-46(37-49)43-26-22-40(23-27-43)38-12-4-3-5-13-38)48-34-32-42(33-35-48)41-24-28-44(29-25-41)47-31-30-39-14-6-7-15-45(39)36-47/h3-37H,1-2H3. The molecule has 0 saturated heterocycles. The second-order valence-electron chi connectivity index (χ2n) is 15.4. The maximum absolute atomic E-state index is 2.45. The molecule has 0 unspecified atom stereocenters. The second kappa shape index (κ2) is 13.7. The van der Waals surface area contributed by atoms with E-state index >= 15 is 0 Å². The van der Waals surface area contributed by atoms with Crippen molar-refractivity contribution in [1.82, 2.24) is 0 Å². The van der Waals surface area contributed by atoms with Crippen molar-refractivity contribution in [3.63, 3.8) is 0 Å². The molecule has 0 radical (unpaired) electrons. The van der Waals surface area contributed by atoms with Gasteiger partial charge in [0.1, 0.15) is 0 Å². The van der Waals surface area contributed by atoms with Crippen molar-refractivity contribution in [2.75, 3.05) is 4.90 Å². The van der Waals surface area contributed by atoms with Crippen molar-refractivity contribution < 1.29 is 0 Å². The number of nitrogens with zero attached hydrogens (tertiary/aromatic N) is 1. The third kappa shape index (κ3) is 5.90. The van der Waals surface area contributed by atoms with Gasteiger partial charge in [-0.05, 0) is 108 Å². The zero-order chi connectivity index (χ0) is 37.6. The van der Waals surface area contributed by atoms with E-state index in [1.807, 2.05) is 0 Å². The first kappa shape index (κ1) is 33.6.